The van der Waals surface area contributed by atoms with Crippen LogP contribution in [0, 0.1) is 0 Å². The van der Waals surface area contributed by atoms with Gasteiger partial charge in [-0.15, -0.1) is 0 Å². The Morgan fingerprint density at radius 2 is 1.30 bits per heavy atom. The number of hydrogen-bond acceptors (Lipinski definition) is 4. The van der Waals surface area contributed by atoms with Crippen LogP contribution in [0.25, 0.3) is 0 Å². The lowest BCUT2D eigenvalue weighted by Crippen LogP contribution is -2.66. The topological polar surface area (TPSA) is 86.3 Å². The smallest absolute Gasteiger partial charge is 0.427 e. The van der Waals surface area contributed by atoms with Gasteiger partial charge in [0.15, 0.2) is 0 Å². The summed E-state index contributed by atoms with van der Waals surface area (Å²) in [7, 11) is -6.35. The summed E-state index contributed by atoms with van der Waals surface area (Å²) in [5, 5.41) is -13.3. The van der Waals surface area contributed by atoms with Gasteiger partial charge in [-0.25, -0.2) is 13.1 Å². The monoisotopic (exact) mass is 358 g/mol. The molecule has 0 heterocycles. The average Bonchev–Trinajstić information content (AvgIpc) is 2.27. The van der Waals surface area contributed by atoms with E-state index in [1.54, 1.807) is 0 Å². The molecule has 0 aliphatic carbocycles. The maximum atomic E-state index is 12.9. The zero-order chi connectivity index (χ0) is 16.8. The molecule has 20 heavy (non-hydrogen) atoms. The molecule has 0 amide bonds. The third kappa shape index (κ3) is 2.39. The van der Waals surface area contributed by atoms with Crippen molar-refractivity contribution in [3.05, 3.63) is 0 Å². The van der Waals surface area contributed by atoms with Crippen LogP contribution in [0.3, 0.4) is 0 Å². The standard InChI is InChI=1S/C5H5F8NO4S2/c1-14-20(17,18)5(12,13)3(8,9)2(6,7)4(10,11)19(15)16/h14H,1H3,(H,15,16)/p-1. The Labute approximate surface area is 108 Å². The number of halogens is 8. The predicted octanol–water partition coefficient (Wildman–Crippen LogP) is 0.871. The number of nitrogens with one attached hydrogen (secondary N) is 1. The van der Waals surface area contributed by atoms with Crippen molar-refractivity contribution in [3.63, 3.8) is 0 Å². The van der Waals surface area contributed by atoms with Gasteiger partial charge in [-0.1, -0.05) is 0 Å². The second-order valence-corrected chi connectivity index (χ2v) is 6.03. The van der Waals surface area contributed by atoms with E-state index >= 15 is 0 Å². The number of hydrogen-bond donors (Lipinski definition) is 1. The van der Waals surface area contributed by atoms with Crippen LogP contribution < -0.4 is 4.72 Å². The lowest BCUT2D eigenvalue weighted by molar-refractivity contribution is -0.326. The summed E-state index contributed by atoms with van der Waals surface area (Å²) in [6, 6.07) is 0. The van der Waals surface area contributed by atoms with E-state index in [1.165, 1.54) is 0 Å². The fourth-order valence-corrected chi connectivity index (χ4v) is 1.83. The molecule has 0 bridgehead atoms. The van der Waals surface area contributed by atoms with E-state index in [1.807, 2.05) is 0 Å². The highest BCUT2D eigenvalue weighted by Crippen LogP contribution is 2.54. The summed E-state index contributed by atoms with van der Waals surface area (Å²) in [4.78, 5) is 0. The van der Waals surface area contributed by atoms with Gasteiger partial charge in [-0.2, -0.15) is 35.1 Å². The molecule has 0 fully saturated rings. The highest BCUT2D eigenvalue weighted by molar-refractivity contribution is 7.90. The molecule has 5 nitrogen and oxygen atoms in total. The maximum absolute atomic E-state index is 12.9. The third-order valence-corrected chi connectivity index (χ3v) is 4.08. The van der Waals surface area contributed by atoms with Crippen molar-refractivity contribution in [1.82, 2.24) is 4.72 Å². The van der Waals surface area contributed by atoms with Crippen molar-refractivity contribution in [2.75, 3.05) is 7.05 Å². The lowest BCUT2D eigenvalue weighted by atomic mass is 10.2. The second-order valence-electron chi connectivity index (χ2n) is 3.12. The zero-order valence-electron chi connectivity index (χ0n) is 8.97. The van der Waals surface area contributed by atoms with Gasteiger partial charge in [0.1, 0.15) is 0 Å². The highest BCUT2D eigenvalue weighted by Gasteiger charge is 2.84. The molecular formula is C5H4F8NO4S2-. The molecule has 0 aromatic rings. The molecule has 0 aromatic heterocycles. The number of rotatable bonds is 6. The minimum Gasteiger partial charge on any atom is -0.768 e. The summed E-state index contributed by atoms with van der Waals surface area (Å²) in [6.45, 7) is 0. The molecule has 0 rings (SSSR count). The Hall–Kier alpha value is -0.540. The van der Waals surface area contributed by atoms with E-state index in [0.717, 1.165) is 0 Å². The quantitative estimate of drug-likeness (QED) is 0.564. The molecular weight excluding hydrogens is 354 g/mol. The minimum absolute atomic E-state index is 0.126. The SMILES string of the molecule is CNS(=O)(=O)C(F)(F)C(F)(F)C(F)(F)C(F)(F)S(=O)[O-]. The summed E-state index contributed by atoms with van der Waals surface area (Å²) >= 11 is -5.22. The fraction of sp³-hybridized carbons (Fsp3) is 1.00. The largest absolute Gasteiger partial charge is 0.768 e. The Bertz CT molecular complexity index is 503. The van der Waals surface area contributed by atoms with Crippen LogP contribution in [-0.2, 0) is 21.1 Å². The van der Waals surface area contributed by atoms with Crippen LogP contribution in [0.2, 0.25) is 0 Å². The predicted molar refractivity (Wildman–Crippen MR) is 46.7 cm³/mol. The van der Waals surface area contributed by atoms with Crippen molar-refractivity contribution in [3.8, 4) is 0 Å². The van der Waals surface area contributed by atoms with E-state index in [-0.39, 0.29) is 7.05 Å². The summed E-state index contributed by atoms with van der Waals surface area (Å²) in [6.07, 6.45) is 0. The van der Waals surface area contributed by atoms with Gasteiger partial charge in [-0.05, 0) is 7.05 Å². The molecule has 122 valence electrons. The molecule has 0 saturated heterocycles. The van der Waals surface area contributed by atoms with Crippen molar-refractivity contribution >= 4 is 21.1 Å². The number of alkyl halides is 8. The molecule has 0 aliphatic rings. The Morgan fingerprint density at radius 3 is 1.55 bits per heavy atom. The summed E-state index contributed by atoms with van der Waals surface area (Å²) < 4.78 is 143. The van der Waals surface area contributed by atoms with Crippen LogP contribution in [-0.4, -0.2) is 46.6 Å². The van der Waals surface area contributed by atoms with Gasteiger partial charge in [-0.3, -0.25) is 4.21 Å². The molecule has 1 N–H and O–H groups in total. The molecule has 0 aromatic carbocycles. The Kier molecular flexibility index (Phi) is 4.89. The van der Waals surface area contributed by atoms with Crippen molar-refractivity contribution in [1.29, 1.82) is 0 Å². The second kappa shape index (κ2) is 5.03. The number of sulfonamides is 1. The molecule has 1 atom stereocenters. The first-order valence-electron chi connectivity index (χ1n) is 4.04. The lowest BCUT2D eigenvalue weighted by Gasteiger charge is -2.36. The van der Waals surface area contributed by atoms with E-state index in [4.69, 9.17) is 0 Å². The van der Waals surface area contributed by atoms with Crippen LogP contribution in [0.5, 0.6) is 0 Å². The zero-order valence-corrected chi connectivity index (χ0v) is 10.6. The van der Waals surface area contributed by atoms with Crippen LogP contribution in [0.4, 0.5) is 35.1 Å². The van der Waals surface area contributed by atoms with Gasteiger partial charge in [0.2, 0.25) is 0 Å². The minimum atomic E-state index is -7.22. The molecule has 1 unspecified atom stereocenters. The molecule has 0 radical (unpaired) electrons. The van der Waals surface area contributed by atoms with Crippen LogP contribution in [0.1, 0.15) is 0 Å². The Balaban J connectivity index is 6.19. The first-order valence-corrected chi connectivity index (χ1v) is 6.60. The summed E-state index contributed by atoms with van der Waals surface area (Å²) in [5.41, 5.74) is 0. The van der Waals surface area contributed by atoms with Gasteiger partial charge in [0.25, 0.3) is 10.0 Å². The van der Waals surface area contributed by atoms with Gasteiger partial charge >= 0.3 is 22.4 Å². The molecule has 15 heteroatoms. The Morgan fingerprint density at radius 1 is 0.950 bits per heavy atom. The van der Waals surface area contributed by atoms with Crippen molar-refractivity contribution in [2.45, 2.75) is 22.4 Å². The maximum Gasteiger partial charge on any atom is 0.427 e. The highest BCUT2D eigenvalue weighted by atomic mass is 32.2. The van der Waals surface area contributed by atoms with Crippen molar-refractivity contribution in [2.24, 2.45) is 0 Å². The first-order chi connectivity index (χ1) is 8.50. The molecule has 0 spiro atoms. The van der Waals surface area contributed by atoms with Crippen LogP contribution in [0.15, 0.2) is 0 Å². The summed E-state index contributed by atoms with van der Waals surface area (Å²) in [5.74, 6) is -14.4. The van der Waals surface area contributed by atoms with Crippen LogP contribution >= 0.6 is 0 Å². The first kappa shape index (κ1) is 19.5. The van der Waals surface area contributed by atoms with Gasteiger partial charge in [0, 0.05) is 11.1 Å². The normalized spacial score (nSPS) is 17.1. The molecule has 0 saturated carbocycles. The third-order valence-electron chi connectivity index (χ3n) is 1.94. The average molecular weight is 358 g/mol. The van der Waals surface area contributed by atoms with E-state index in [0.29, 0.717) is 4.72 Å². The molecule has 0 aliphatic heterocycles. The van der Waals surface area contributed by atoms with E-state index in [9.17, 15) is 52.3 Å². The van der Waals surface area contributed by atoms with E-state index in [2.05, 4.69) is 0 Å². The van der Waals surface area contributed by atoms with Gasteiger partial charge in [0.05, 0.1) is 0 Å². The fourth-order valence-electron chi connectivity index (χ4n) is 0.767. The van der Waals surface area contributed by atoms with E-state index < -0.39 is 43.5 Å². The van der Waals surface area contributed by atoms with Crippen molar-refractivity contribution < 1.29 is 52.3 Å². The van der Waals surface area contributed by atoms with Gasteiger partial charge < -0.3 is 4.55 Å².